The minimum atomic E-state index is -0.338. The highest BCUT2D eigenvalue weighted by molar-refractivity contribution is 6.01. The molecule has 7 heteroatoms. The van der Waals surface area contributed by atoms with Gasteiger partial charge in [-0.25, -0.2) is 4.39 Å². The first-order valence-corrected chi connectivity index (χ1v) is 8.35. The largest absolute Gasteiger partial charge is 0.370 e. The lowest BCUT2D eigenvalue weighted by atomic mass is 10.1. The molecule has 0 bridgehead atoms. The second kappa shape index (κ2) is 7.77. The molecule has 0 fully saturated rings. The average molecular weight is 354 g/mol. The number of amides is 2. The molecule has 6 nitrogen and oxygen atoms in total. The van der Waals surface area contributed by atoms with Gasteiger partial charge in [-0.15, -0.1) is 0 Å². The van der Waals surface area contributed by atoms with Crippen LogP contribution in [0.2, 0.25) is 0 Å². The molecule has 0 aliphatic carbocycles. The number of carbonyl (C=O) groups is 2. The second-order valence-corrected chi connectivity index (χ2v) is 6.02. The van der Waals surface area contributed by atoms with Crippen molar-refractivity contribution in [2.75, 3.05) is 6.54 Å². The van der Waals surface area contributed by atoms with Crippen LogP contribution >= 0.6 is 0 Å². The van der Waals surface area contributed by atoms with Gasteiger partial charge in [0, 0.05) is 29.5 Å². The fourth-order valence-corrected chi connectivity index (χ4v) is 2.71. The Morgan fingerprint density at radius 1 is 1.12 bits per heavy atom. The third-order valence-corrected chi connectivity index (χ3v) is 4.08. The summed E-state index contributed by atoms with van der Waals surface area (Å²) in [6, 6.07) is 11.3. The Morgan fingerprint density at radius 2 is 1.88 bits per heavy atom. The zero-order valence-electron chi connectivity index (χ0n) is 14.1. The molecule has 0 spiro atoms. The SMILES string of the molecule is NC(=O)CCCCNC(=O)c1ccc2[nH]nc(-c3ccc(F)cc3)c2c1. The van der Waals surface area contributed by atoms with E-state index in [2.05, 4.69) is 15.5 Å². The molecule has 2 aromatic carbocycles. The molecular formula is C19H19FN4O2. The first-order chi connectivity index (χ1) is 12.5. The highest BCUT2D eigenvalue weighted by Gasteiger charge is 2.12. The molecular weight excluding hydrogens is 335 g/mol. The van der Waals surface area contributed by atoms with Gasteiger partial charge in [-0.2, -0.15) is 5.10 Å². The van der Waals surface area contributed by atoms with E-state index in [1.165, 1.54) is 12.1 Å². The van der Waals surface area contributed by atoms with Crippen molar-refractivity contribution in [2.45, 2.75) is 19.3 Å². The second-order valence-electron chi connectivity index (χ2n) is 6.02. The molecule has 26 heavy (non-hydrogen) atoms. The van der Waals surface area contributed by atoms with Crippen molar-refractivity contribution in [2.24, 2.45) is 5.73 Å². The molecule has 1 aromatic heterocycles. The van der Waals surface area contributed by atoms with E-state index >= 15 is 0 Å². The van der Waals surface area contributed by atoms with Crippen molar-refractivity contribution in [1.82, 2.24) is 15.5 Å². The van der Waals surface area contributed by atoms with Crippen LogP contribution in [0, 0.1) is 5.82 Å². The van der Waals surface area contributed by atoms with Gasteiger partial charge in [0.25, 0.3) is 5.91 Å². The number of nitrogens with zero attached hydrogens (tertiary/aromatic N) is 1. The van der Waals surface area contributed by atoms with Crippen LogP contribution in [0.4, 0.5) is 4.39 Å². The van der Waals surface area contributed by atoms with E-state index in [0.717, 1.165) is 16.5 Å². The lowest BCUT2D eigenvalue weighted by Crippen LogP contribution is -2.24. The van der Waals surface area contributed by atoms with Crippen LogP contribution < -0.4 is 11.1 Å². The zero-order valence-corrected chi connectivity index (χ0v) is 14.1. The summed E-state index contributed by atoms with van der Waals surface area (Å²) in [6.45, 7) is 0.473. The molecule has 4 N–H and O–H groups in total. The first kappa shape index (κ1) is 17.6. The number of primary amides is 1. The summed E-state index contributed by atoms with van der Waals surface area (Å²) in [5, 5.41) is 10.8. The smallest absolute Gasteiger partial charge is 0.251 e. The summed E-state index contributed by atoms with van der Waals surface area (Å²) < 4.78 is 13.1. The standard InChI is InChI=1S/C19H19FN4O2/c20-14-7-4-12(5-8-14)18-15-11-13(6-9-16(15)23-24-18)19(26)22-10-2-1-3-17(21)25/h4-9,11H,1-3,10H2,(H2,21,25)(H,22,26)(H,23,24). The molecule has 0 unspecified atom stereocenters. The van der Waals surface area contributed by atoms with Crippen LogP contribution in [0.1, 0.15) is 29.6 Å². The number of halogens is 1. The predicted molar refractivity (Wildman–Crippen MR) is 96.9 cm³/mol. The molecule has 0 aliphatic rings. The number of H-pyrrole nitrogens is 1. The molecule has 0 radical (unpaired) electrons. The number of hydrogen-bond acceptors (Lipinski definition) is 3. The van der Waals surface area contributed by atoms with Crippen molar-refractivity contribution in [3.8, 4) is 11.3 Å². The molecule has 0 saturated carbocycles. The van der Waals surface area contributed by atoms with Gasteiger partial charge in [0.15, 0.2) is 0 Å². The van der Waals surface area contributed by atoms with Crippen LogP contribution in [0.3, 0.4) is 0 Å². The molecule has 2 amide bonds. The molecule has 3 aromatic rings. The van der Waals surface area contributed by atoms with Crippen LogP contribution in [0.15, 0.2) is 42.5 Å². The van der Waals surface area contributed by atoms with Crippen LogP contribution in [0.5, 0.6) is 0 Å². The number of hydrogen-bond donors (Lipinski definition) is 3. The normalized spacial score (nSPS) is 10.8. The Bertz CT molecular complexity index is 934. The number of nitrogens with one attached hydrogen (secondary N) is 2. The number of rotatable bonds is 7. The van der Waals surface area contributed by atoms with E-state index in [-0.39, 0.29) is 17.6 Å². The van der Waals surface area contributed by atoms with Gasteiger partial charge in [0.1, 0.15) is 5.82 Å². The van der Waals surface area contributed by atoms with Gasteiger partial charge in [-0.3, -0.25) is 14.7 Å². The zero-order chi connectivity index (χ0) is 18.5. The average Bonchev–Trinajstić information content (AvgIpc) is 3.05. The summed E-state index contributed by atoms with van der Waals surface area (Å²) in [6.07, 6.45) is 1.65. The predicted octanol–water partition coefficient (Wildman–Crippen LogP) is 2.75. The summed E-state index contributed by atoms with van der Waals surface area (Å²) in [4.78, 5) is 23.0. The number of fused-ring (bicyclic) bond motifs is 1. The van der Waals surface area contributed by atoms with Crippen molar-refractivity contribution >= 4 is 22.7 Å². The summed E-state index contributed by atoms with van der Waals surface area (Å²) >= 11 is 0. The maximum absolute atomic E-state index is 13.1. The Balaban J connectivity index is 1.74. The number of unbranched alkanes of at least 4 members (excludes halogenated alkanes) is 1. The number of nitrogens with two attached hydrogens (primary N) is 1. The van der Waals surface area contributed by atoms with Gasteiger partial charge in [-0.1, -0.05) is 0 Å². The Hall–Kier alpha value is -3.22. The third-order valence-electron chi connectivity index (χ3n) is 4.08. The van der Waals surface area contributed by atoms with Gasteiger partial charge in [-0.05, 0) is 55.3 Å². The number of aromatic amines is 1. The highest BCUT2D eigenvalue weighted by atomic mass is 19.1. The summed E-state index contributed by atoms with van der Waals surface area (Å²) in [5.41, 5.74) is 7.82. The van der Waals surface area contributed by atoms with Crippen LogP contribution in [0.25, 0.3) is 22.2 Å². The van der Waals surface area contributed by atoms with E-state index < -0.39 is 0 Å². The van der Waals surface area contributed by atoms with Crippen molar-refractivity contribution < 1.29 is 14.0 Å². The maximum atomic E-state index is 13.1. The van der Waals surface area contributed by atoms with Gasteiger partial charge in [0.05, 0.1) is 11.2 Å². The van der Waals surface area contributed by atoms with Crippen molar-refractivity contribution in [1.29, 1.82) is 0 Å². The summed E-state index contributed by atoms with van der Waals surface area (Å²) in [5.74, 6) is -0.850. The van der Waals surface area contributed by atoms with E-state index in [1.54, 1.807) is 30.3 Å². The van der Waals surface area contributed by atoms with Crippen molar-refractivity contribution in [3.05, 3.63) is 53.8 Å². The fraction of sp³-hybridized carbons (Fsp3) is 0.211. The quantitative estimate of drug-likeness (QED) is 0.569. The van der Waals surface area contributed by atoms with Gasteiger partial charge in [0.2, 0.25) is 5.91 Å². The fourth-order valence-electron chi connectivity index (χ4n) is 2.71. The number of aromatic nitrogens is 2. The Morgan fingerprint density at radius 3 is 2.62 bits per heavy atom. The van der Waals surface area contributed by atoms with E-state index in [4.69, 9.17) is 5.73 Å². The molecule has 134 valence electrons. The Kier molecular flexibility index (Phi) is 5.26. The molecule has 0 aliphatic heterocycles. The minimum Gasteiger partial charge on any atom is -0.370 e. The molecule has 0 saturated heterocycles. The first-order valence-electron chi connectivity index (χ1n) is 8.35. The monoisotopic (exact) mass is 354 g/mol. The molecule has 0 atom stereocenters. The minimum absolute atomic E-state index is 0.197. The highest BCUT2D eigenvalue weighted by Crippen LogP contribution is 2.27. The lowest BCUT2D eigenvalue weighted by Gasteiger charge is -2.05. The lowest BCUT2D eigenvalue weighted by molar-refractivity contribution is -0.118. The van der Waals surface area contributed by atoms with E-state index in [1.807, 2.05) is 0 Å². The van der Waals surface area contributed by atoms with Crippen LogP contribution in [-0.4, -0.2) is 28.6 Å². The van der Waals surface area contributed by atoms with E-state index in [9.17, 15) is 14.0 Å². The maximum Gasteiger partial charge on any atom is 0.251 e. The summed E-state index contributed by atoms with van der Waals surface area (Å²) in [7, 11) is 0. The van der Waals surface area contributed by atoms with Gasteiger partial charge < -0.3 is 11.1 Å². The number of carbonyl (C=O) groups excluding carboxylic acids is 2. The topological polar surface area (TPSA) is 101 Å². The van der Waals surface area contributed by atoms with Crippen LogP contribution in [-0.2, 0) is 4.79 Å². The number of benzene rings is 2. The Labute approximate surface area is 149 Å². The molecule has 1 heterocycles. The van der Waals surface area contributed by atoms with E-state index in [0.29, 0.717) is 37.1 Å². The third kappa shape index (κ3) is 4.05. The van der Waals surface area contributed by atoms with Crippen molar-refractivity contribution in [3.63, 3.8) is 0 Å². The van der Waals surface area contributed by atoms with Gasteiger partial charge >= 0.3 is 0 Å². The molecule has 3 rings (SSSR count).